The van der Waals surface area contributed by atoms with Gasteiger partial charge in [-0.15, -0.1) is 0 Å². The summed E-state index contributed by atoms with van der Waals surface area (Å²) in [6.07, 6.45) is 6.74. The number of hydrogen-bond acceptors (Lipinski definition) is 4. The highest BCUT2D eigenvalue weighted by molar-refractivity contribution is 5.79. The van der Waals surface area contributed by atoms with E-state index in [1.54, 1.807) is 4.90 Å². The van der Waals surface area contributed by atoms with Gasteiger partial charge in [-0.3, -0.25) is 4.79 Å². The molecule has 5 nitrogen and oxygen atoms in total. The van der Waals surface area contributed by atoms with Crippen molar-refractivity contribution in [3.8, 4) is 0 Å². The molecule has 2 saturated heterocycles. The molecule has 166 valence electrons. The molecule has 2 aliphatic heterocycles. The third-order valence-corrected chi connectivity index (χ3v) is 7.31. The predicted molar refractivity (Wildman–Crippen MR) is 106 cm³/mol. The lowest BCUT2D eigenvalue weighted by molar-refractivity contribution is -0.183. The topological polar surface area (TPSA) is 42.0 Å². The number of morpholine rings is 1. The van der Waals surface area contributed by atoms with Crippen molar-refractivity contribution in [1.29, 1.82) is 0 Å². The molecule has 0 spiro atoms. The van der Waals surface area contributed by atoms with Crippen LogP contribution in [0.15, 0.2) is 0 Å². The van der Waals surface area contributed by atoms with Crippen molar-refractivity contribution in [3.63, 3.8) is 0 Å². The van der Waals surface area contributed by atoms with E-state index in [9.17, 15) is 13.6 Å². The number of likely N-dealkylation sites (tertiary alicyclic amines) is 1. The molecule has 0 aromatic heterocycles. The van der Waals surface area contributed by atoms with Crippen LogP contribution in [0.5, 0.6) is 0 Å². The summed E-state index contributed by atoms with van der Waals surface area (Å²) in [7, 11) is 0. The molecule has 0 aromatic carbocycles. The number of amides is 1. The van der Waals surface area contributed by atoms with Gasteiger partial charge in [0.15, 0.2) is 0 Å². The molecule has 0 bridgehead atoms. The highest BCUT2D eigenvalue weighted by Crippen LogP contribution is 2.40. The summed E-state index contributed by atoms with van der Waals surface area (Å²) in [5.41, 5.74) is 0. The van der Waals surface area contributed by atoms with Gasteiger partial charge < -0.3 is 19.3 Å². The van der Waals surface area contributed by atoms with Gasteiger partial charge in [0, 0.05) is 38.0 Å². The second-order valence-corrected chi connectivity index (χ2v) is 9.70. The molecule has 0 aromatic rings. The van der Waals surface area contributed by atoms with E-state index < -0.39 is 12.0 Å². The van der Waals surface area contributed by atoms with Gasteiger partial charge in [0.1, 0.15) is 6.61 Å². The monoisotopic (exact) mass is 414 g/mol. The van der Waals surface area contributed by atoms with Crippen LogP contribution in [-0.2, 0) is 14.3 Å². The van der Waals surface area contributed by atoms with Crippen LogP contribution in [0.3, 0.4) is 0 Å². The Morgan fingerprint density at radius 1 is 1.03 bits per heavy atom. The van der Waals surface area contributed by atoms with Crippen molar-refractivity contribution < 1.29 is 23.0 Å². The van der Waals surface area contributed by atoms with E-state index in [2.05, 4.69) is 18.7 Å². The molecule has 7 heteroatoms. The van der Waals surface area contributed by atoms with Gasteiger partial charge in [-0.1, -0.05) is 0 Å². The minimum absolute atomic E-state index is 0.0484. The maximum Gasteiger partial charge on any atom is 0.250 e. The Balaban J connectivity index is 1.31. The fourth-order valence-corrected chi connectivity index (χ4v) is 5.93. The van der Waals surface area contributed by atoms with Crippen molar-refractivity contribution in [2.24, 2.45) is 0 Å². The number of rotatable bonds is 4. The number of fused-ring (bicyclic) bond motifs is 1. The minimum atomic E-state index is -2.68. The van der Waals surface area contributed by atoms with Crippen molar-refractivity contribution in [3.05, 3.63) is 0 Å². The van der Waals surface area contributed by atoms with Gasteiger partial charge >= 0.3 is 0 Å². The van der Waals surface area contributed by atoms with Crippen LogP contribution in [0.4, 0.5) is 8.78 Å². The third kappa shape index (κ3) is 4.93. The first-order chi connectivity index (χ1) is 13.8. The van der Waals surface area contributed by atoms with E-state index in [4.69, 9.17) is 9.47 Å². The van der Waals surface area contributed by atoms with E-state index in [-0.39, 0.29) is 43.6 Å². The van der Waals surface area contributed by atoms with Crippen LogP contribution in [-0.4, -0.2) is 77.8 Å². The summed E-state index contributed by atoms with van der Waals surface area (Å²) < 4.78 is 39.7. The second-order valence-electron chi connectivity index (χ2n) is 9.70. The fraction of sp³-hybridized carbons (Fsp3) is 0.955. The Morgan fingerprint density at radius 2 is 1.72 bits per heavy atom. The molecule has 4 fully saturated rings. The third-order valence-electron chi connectivity index (χ3n) is 7.31. The molecule has 2 heterocycles. The van der Waals surface area contributed by atoms with Crippen molar-refractivity contribution >= 4 is 5.91 Å². The lowest BCUT2D eigenvalue weighted by atomic mass is 9.85. The van der Waals surface area contributed by atoms with Gasteiger partial charge in [0.05, 0.1) is 24.4 Å². The van der Waals surface area contributed by atoms with Crippen molar-refractivity contribution in [1.82, 2.24) is 9.80 Å². The molecule has 1 amide bonds. The Bertz CT molecular complexity index is 572. The highest BCUT2D eigenvalue weighted by atomic mass is 19.3. The number of alkyl halides is 2. The average Bonchev–Trinajstić information content (AvgIpc) is 2.68. The standard InChI is InChI=1S/C22H36F2N2O3/c1-15(2)29-18-5-3-16(4-6-18)25-11-8-17(9-12-25)26-19-13-22(23,24)10-7-20(19)28-14-21(26)27/h15-20H,3-14H2,1-2H3/t16?,18?,19-,20-/m0/s1. The maximum atomic E-state index is 14.0. The first-order valence-corrected chi connectivity index (χ1v) is 11.5. The predicted octanol–water partition coefficient (Wildman–Crippen LogP) is 3.60. The maximum absolute atomic E-state index is 14.0. The van der Waals surface area contributed by atoms with Crippen LogP contribution in [0, 0.1) is 0 Å². The van der Waals surface area contributed by atoms with E-state index in [0.29, 0.717) is 18.6 Å². The Labute approximate surface area is 173 Å². The van der Waals surface area contributed by atoms with E-state index in [0.717, 1.165) is 51.6 Å². The van der Waals surface area contributed by atoms with Gasteiger partial charge in [-0.25, -0.2) is 8.78 Å². The number of hydrogen-bond donors (Lipinski definition) is 0. The largest absolute Gasteiger partial charge is 0.376 e. The zero-order chi connectivity index (χ0) is 20.6. The fourth-order valence-electron chi connectivity index (χ4n) is 5.93. The summed E-state index contributed by atoms with van der Waals surface area (Å²) in [5, 5.41) is 0. The molecule has 2 atom stereocenters. The van der Waals surface area contributed by atoms with Crippen LogP contribution in [0.2, 0.25) is 0 Å². The number of carbonyl (C=O) groups is 1. The Kier molecular flexibility index (Phi) is 6.47. The van der Waals surface area contributed by atoms with Crippen LogP contribution >= 0.6 is 0 Å². The molecular formula is C22H36F2N2O3. The first-order valence-electron chi connectivity index (χ1n) is 11.5. The number of carbonyl (C=O) groups excluding carboxylic acids is 1. The zero-order valence-electron chi connectivity index (χ0n) is 17.8. The van der Waals surface area contributed by atoms with Crippen LogP contribution in [0.25, 0.3) is 0 Å². The number of halogens is 2. The van der Waals surface area contributed by atoms with E-state index in [1.807, 2.05) is 0 Å². The smallest absolute Gasteiger partial charge is 0.250 e. The van der Waals surface area contributed by atoms with Crippen molar-refractivity contribution in [2.45, 2.75) is 114 Å². The number of nitrogens with zero attached hydrogens (tertiary/aromatic N) is 2. The first kappa shape index (κ1) is 21.4. The van der Waals surface area contributed by atoms with Crippen molar-refractivity contribution in [2.75, 3.05) is 19.7 Å². The molecule has 0 N–H and O–H groups in total. The molecule has 2 aliphatic carbocycles. The lowest BCUT2D eigenvalue weighted by Crippen LogP contribution is -2.63. The number of piperidine rings is 1. The molecule has 4 rings (SSSR count). The minimum Gasteiger partial charge on any atom is -0.376 e. The summed E-state index contributed by atoms with van der Waals surface area (Å²) in [6.45, 7) is 6.13. The SMILES string of the molecule is CC(C)OC1CCC(N2CCC(N3C(=O)CO[C@H]4CCC(F)(F)C[C@@H]43)CC2)CC1. The molecule has 29 heavy (non-hydrogen) atoms. The van der Waals surface area contributed by atoms with E-state index in [1.165, 1.54) is 0 Å². The highest BCUT2D eigenvalue weighted by Gasteiger charge is 2.50. The molecule has 2 saturated carbocycles. The van der Waals surface area contributed by atoms with Gasteiger partial charge in [-0.05, 0) is 58.8 Å². The lowest BCUT2D eigenvalue weighted by Gasteiger charge is -2.51. The van der Waals surface area contributed by atoms with Gasteiger partial charge in [-0.2, -0.15) is 0 Å². The molecular weight excluding hydrogens is 378 g/mol. The van der Waals surface area contributed by atoms with Gasteiger partial charge in [0.2, 0.25) is 11.8 Å². The molecule has 0 radical (unpaired) electrons. The number of ether oxygens (including phenoxy) is 2. The summed E-state index contributed by atoms with van der Waals surface area (Å²) in [6, 6.07) is 0.208. The average molecular weight is 415 g/mol. The van der Waals surface area contributed by atoms with Gasteiger partial charge in [0.25, 0.3) is 0 Å². The quantitative estimate of drug-likeness (QED) is 0.705. The second kappa shape index (κ2) is 8.75. The molecule has 0 unspecified atom stereocenters. The summed E-state index contributed by atoms with van der Waals surface area (Å²) in [5.74, 6) is -2.79. The van der Waals surface area contributed by atoms with Crippen LogP contribution < -0.4 is 0 Å². The Hall–Kier alpha value is -0.790. The molecule has 4 aliphatic rings. The summed E-state index contributed by atoms with van der Waals surface area (Å²) >= 11 is 0. The Morgan fingerprint density at radius 3 is 2.38 bits per heavy atom. The normalized spacial score (nSPS) is 37.0. The zero-order valence-corrected chi connectivity index (χ0v) is 17.8. The van der Waals surface area contributed by atoms with Crippen LogP contribution in [0.1, 0.15) is 71.6 Å². The van der Waals surface area contributed by atoms with E-state index >= 15 is 0 Å². The summed E-state index contributed by atoms with van der Waals surface area (Å²) in [4.78, 5) is 16.9.